The van der Waals surface area contributed by atoms with E-state index in [0.717, 1.165) is 25.7 Å². The zero-order valence-electron chi connectivity index (χ0n) is 19.6. The van der Waals surface area contributed by atoms with Crippen LogP contribution in [0.25, 0.3) is 0 Å². The highest BCUT2D eigenvalue weighted by Gasteiger charge is 2.49. The summed E-state index contributed by atoms with van der Waals surface area (Å²) in [5.41, 5.74) is -0.358. The Hall–Kier alpha value is -1.84. The van der Waals surface area contributed by atoms with Gasteiger partial charge in [0.15, 0.2) is 0 Å². The lowest BCUT2D eigenvalue weighted by Crippen LogP contribution is -2.28. The zero-order chi connectivity index (χ0) is 23.0. The number of hydrogen-bond donors (Lipinski definition) is 1. The van der Waals surface area contributed by atoms with E-state index in [9.17, 15) is 14.7 Å². The second-order valence-electron chi connectivity index (χ2n) is 9.40. The predicted molar refractivity (Wildman–Crippen MR) is 118 cm³/mol. The van der Waals surface area contributed by atoms with Crippen molar-refractivity contribution in [3.8, 4) is 11.8 Å². The van der Waals surface area contributed by atoms with Crippen LogP contribution in [-0.2, 0) is 23.8 Å². The summed E-state index contributed by atoms with van der Waals surface area (Å²) in [6.45, 7) is 7.22. The van der Waals surface area contributed by atoms with Crippen LogP contribution in [0.2, 0.25) is 0 Å². The lowest BCUT2D eigenvalue weighted by molar-refractivity contribution is -0.148. The molecule has 0 spiro atoms. The van der Waals surface area contributed by atoms with Crippen LogP contribution in [0.5, 0.6) is 0 Å². The second kappa shape index (κ2) is 11.7. The first kappa shape index (κ1) is 25.4. The van der Waals surface area contributed by atoms with Gasteiger partial charge in [0.2, 0.25) is 0 Å². The van der Waals surface area contributed by atoms with Crippen molar-refractivity contribution < 1.29 is 28.9 Å². The van der Waals surface area contributed by atoms with Crippen LogP contribution in [0.3, 0.4) is 0 Å². The molecule has 0 unspecified atom stereocenters. The van der Waals surface area contributed by atoms with Crippen molar-refractivity contribution in [2.24, 2.45) is 17.3 Å². The fourth-order valence-corrected chi connectivity index (χ4v) is 4.61. The van der Waals surface area contributed by atoms with Crippen LogP contribution in [-0.4, -0.2) is 48.6 Å². The first-order chi connectivity index (χ1) is 14.7. The van der Waals surface area contributed by atoms with E-state index in [2.05, 4.69) is 16.6 Å². The maximum Gasteiger partial charge on any atom is 0.305 e. The second-order valence-corrected chi connectivity index (χ2v) is 9.40. The van der Waals surface area contributed by atoms with Gasteiger partial charge in [-0.05, 0) is 32.1 Å². The van der Waals surface area contributed by atoms with E-state index in [1.54, 1.807) is 6.92 Å². The number of carbonyl (C=O) groups is 2. The van der Waals surface area contributed by atoms with Crippen molar-refractivity contribution in [2.75, 3.05) is 7.11 Å². The third-order valence-corrected chi connectivity index (χ3v) is 6.51. The van der Waals surface area contributed by atoms with E-state index < -0.39 is 6.10 Å². The minimum atomic E-state index is -0.637. The molecule has 6 atom stereocenters. The average molecular weight is 435 g/mol. The number of ether oxygens (including phenoxy) is 3. The Balaban J connectivity index is 1.98. The van der Waals surface area contributed by atoms with Gasteiger partial charge in [0.05, 0.1) is 25.4 Å². The molecule has 0 radical (unpaired) electrons. The van der Waals surface area contributed by atoms with E-state index in [1.165, 1.54) is 14.0 Å². The minimum Gasteiger partial charge on any atom is -0.469 e. The summed E-state index contributed by atoms with van der Waals surface area (Å²) in [4.78, 5) is 22.9. The highest BCUT2D eigenvalue weighted by atomic mass is 16.6. The van der Waals surface area contributed by atoms with Crippen LogP contribution in [0, 0.1) is 29.1 Å². The summed E-state index contributed by atoms with van der Waals surface area (Å²) in [7, 11) is 1.41. The highest BCUT2D eigenvalue weighted by Crippen LogP contribution is 2.46. The molecule has 0 bridgehead atoms. The van der Waals surface area contributed by atoms with Gasteiger partial charge < -0.3 is 19.3 Å². The molecule has 6 heteroatoms. The minimum absolute atomic E-state index is 0.0247. The molecule has 1 aliphatic carbocycles. The average Bonchev–Trinajstić information content (AvgIpc) is 3.24. The molecular weight excluding hydrogens is 396 g/mol. The molecule has 1 aliphatic heterocycles. The third kappa shape index (κ3) is 7.36. The summed E-state index contributed by atoms with van der Waals surface area (Å²) in [6, 6.07) is 0. The van der Waals surface area contributed by atoms with Gasteiger partial charge in [0.25, 0.3) is 0 Å². The molecule has 0 aromatic carbocycles. The Morgan fingerprint density at radius 1 is 1.29 bits per heavy atom. The lowest BCUT2D eigenvalue weighted by Gasteiger charge is -2.27. The Morgan fingerprint density at radius 2 is 2.03 bits per heavy atom. The van der Waals surface area contributed by atoms with Gasteiger partial charge in [0.1, 0.15) is 6.10 Å². The molecular formula is C25H38O6. The number of rotatable bonds is 10. The van der Waals surface area contributed by atoms with E-state index in [1.807, 2.05) is 26.0 Å². The van der Waals surface area contributed by atoms with Gasteiger partial charge in [0, 0.05) is 37.5 Å². The SMILES string of the molecule is CC#CCC(C)(C)[C@H](O)C=C[C@@H]1[C@H]2C[C@@H](CCCCC(=O)OC)O[C@H]2C[C@H]1OC(C)=O. The van der Waals surface area contributed by atoms with Gasteiger partial charge in [-0.25, -0.2) is 0 Å². The van der Waals surface area contributed by atoms with Crippen molar-refractivity contribution in [3.63, 3.8) is 0 Å². The molecule has 2 fully saturated rings. The van der Waals surface area contributed by atoms with Gasteiger partial charge in [-0.15, -0.1) is 11.8 Å². The summed E-state index contributed by atoms with van der Waals surface area (Å²) in [5, 5.41) is 10.7. The molecule has 1 heterocycles. The predicted octanol–water partition coefficient (Wildman–Crippen LogP) is 3.80. The van der Waals surface area contributed by atoms with Crippen LogP contribution in [0.4, 0.5) is 0 Å². The van der Waals surface area contributed by atoms with Gasteiger partial charge >= 0.3 is 11.9 Å². The van der Waals surface area contributed by atoms with Crippen molar-refractivity contribution >= 4 is 11.9 Å². The van der Waals surface area contributed by atoms with E-state index in [0.29, 0.717) is 19.3 Å². The standard InChI is InChI=1S/C25H38O6/c1-6-7-14-25(3,4)23(27)13-12-19-20-15-18(10-8-9-11-24(28)29-5)31-22(20)16-21(19)30-17(2)26/h12-13,18-23,27H,8-11,14-16H2,1-5H3/t18-,19-,20-,21-,22+,23-/m1/s1. The molecule has 31 heavy (non-hydrogen) atoms. The molecule has 1 saturated heterocycles. The molecule has 2 rings (SSSR count). The molecule has 6 nitrogen and oxygen atoms in total. The number of aliphatic hydroxyl groups is 1. The normalized spacial score (nSPS) is 28.6. The smallest absolute Gasteiger partial charge is 0.305 e. The Labute approximate surface area is 186 Å². The lowest BCUT2D eigenvalue weighted by atomic mass is 9.82. The number of hydrogen-bond acceptors (Lipinski definition) is 6. The fraction of sp³-hybridized carbons (Fsp3) is 0.760. The van der Waals surface area contributed by atoms with Gasteiger partial charge in [-0.3, -0.25) is 9.59 Å². The molecule has 2 aliphatic rings. The zero-order valence-corrected chi connectivity index (χ0v) is 19.6. The maximum atomic E-state index is 11.6. The first-order valence-corrected chi connectivity index (χ1v) is 11.3. The third-order valence-electron chi connectivity index (χ3n) is 6.51. The monoisotopic (exact) mass is 434 g/mol. The Bertz CT molecular complexity index is 701. The highest BCUT2D eigenvalue weighted by molar-refractivity contribution is 5.69. The molecule has 0 aromatic heterocycles. The molecule has 1 saturated carbocycles. The summed E-state index contributed by atoms with van der Waals surface area (Å²) < 4.78 is 16.5. The largest absolute Gasteiger partial charge is 0.469 e. The number of aliphatic hydroxyl groups excluding tert-OH is 1. The van der Waals surface area contributed by atoms with Crippen LogP contribution >= 0.6 is 0 Å². The summed E-state index contributed by atoms with van der Waals surface area (Å²) in [6.07, 6.45) is 8.45. The Morgan fingerprint density at radius 3 is 2.68 bits per heavy atom. The van der Waals surface area contributed by atoms with Crippen molar-refractivity contribution in [3.05, 3.63) is 12.2 Å². The molecule has 174 valence electrons. The molecule has 0 aromatic rings. The van der Waals surface area contributed by atoms with E-state index >= 15 is 0 Å². The van der Waals surface area contributed by atoms with Crippen LogP contribution < -0.4 is 0 Å². The van der Waals surface area contributed by atoms with Gasteiger partial charge in [-0.1, -0.05) is 32.4 Å². The number of unbranched alkanes of at least 4 members (excludes halogenated alkanes) is 1. The number of fused-ring (bicyclic) bond motifs is 1. The number of methoxy groups -OCH3 is 1. The van der Waals surface area contributed by atoms with E-state index in [-0.39, 0.29) is 47.5 Å². The molecule has 1 N–H and O–H groups in total. The van der Waals surface area contributed by atoms with Crippen LogP contribution in [0.1, 0.15) is 72.6 Å². The van der Waals surface area contributed by atoms with Crippen molar-refractivity contribution in [1.29, 1.82) is 0 Å². The number of carbonyl (C=O) groups excluding carboxylic acids is 2. The summed E-state index contributed by atoms with van der Waals surface area (Å²) in [5.74, 6) is 5.75. The summed E-state index contributed by atoms with van der Waals surface area (Å²) >= 11 is 0. The topological polar surface area (TPSA) is 82.1 Å². The van der Waals surface area contributed by atoms with Crippen LogP contribution in [0.15, 0.2) is 12.2 Å². The van der Waals surface area contributed by atoms with E-state index in [4.69, 9.17) is 9.47 Å². The number of esters is 2. The Kier molecular flexibility index (Phi) is 9.58. The quantitative estimate of drug-likeness (QED) is 0.244. The first-order valence-electron chi connectivity index (χ1n) is 11.3. The van der Waals surface area contributed by atoms with Crippen molar-refractivity contribution in [1.82, 2.24) is 0 Å². The molecule has 0 amide bonds. The maximum absolute atomic E-state index is 11.6. The van der Waals surface area contributed by atoms with Crippen molar-refractivity contribution in [2.45, 2.75) is 97.1 Å². The fourth-order valence-electron chi connectivity index (χ4n) is 4.61. The van der Waals surface area contributed by atoms with Gasteiger partial charge in [-0.2, -0.15) is 0 Å².